The molecule has 0 saturated carbocycles. The first-order valence-electron chi connectivity index (χ1n) is 6.57. The van der Waals surface area contributed by atoms with E-state index in [9.17, 15) is 23.3 Å². The number of amides is 1. The maximum absolute atomic E-state index is 11.8. The van der Waals surface area contributed by atoms with E-state index in [-0.39, 0.29) is 17.2 Å². The van der Waals surface area contributed by atoms with Crippen LogP contribution < -0.4 is 5.43 Å². The molecule has 0 aliphatic carbocycles. The van der Waals surface area contributed by atoms with E-state index >= 15 is 0 Å². The summed E-state index contributed by atoms with van der Waals surface area (Å²) in [6, 6.07) is 4.58. The monoisotopic (exact) mass is 325 g/mol. The van der Waals surface area contributed by atoms with Crippen LogP contribution in [0.25, 0.3) is 0 Å². The molecule has 1 aliphatic rings. The lowest BCUT2D eigenvalue weighted by atomic mass is 10.1. The number of aryl methyl sites for hydroxylation is 1. The SMILES string of the molecule is Cc1ccc(/C=N\NC(=O)[C@H]2CCS(=O)(=O)C2)cc1[N+](=O)[O-]. The van der Waals surface area contributed by atoms with Crippen LogP contribution in [0.1, 0.15) is 17.5 Å². The summed E-state index contributed by atoms with van der Waals surface area (Å²) in [6.07, 6.45) is 1.58. The summed E-state index contributed by atoms with van der Waals surface area (Å²) in [5, 5.41) is 14.5. The molecule has 0 aromatic heterocycles. The van der Waals surface area contributed by atoms with Crippen molar-refractivity contribution in [3.05, 3.63) is 39.4 Å². The van der Waals surface area contributed by atoms with E-state index in [1.807, 2.05) is 0 Å². The van der Waals surface area contributed by atoms with Crippen LogP contribution in [0.4, 0.5) is 5.69 Å². The number of carbonyl (C=O) groups excluding carboxylic acids is 1. The largest absolute Gasteiger partial charge is 0.273 e. The molecule has 118 valence electrons. The average Bonchev–Trinajstić information content (AvgIpc) is 2.80. The van der Waals surface area contributed by atoms with Gasteiger partial charge in [-0.25, -0.2) is 13.8 Å². The second kappa shape index (κ2) is 6.22. The first-order chi connectivity index (χ1) is 10.3. The molecule has 1 amide bonds. The molecule has 1 aromatic carbocycles. The molecule has 1 heterocycles. The van der Waals surface area contributed by atoms with Crippen LogP contribution in [0.2, 0.25) is 0 Å². The molecule has 1 aromatic rings. The van der Waals surface area contributed by atoms with E-state index in [1.165, 1.54) is 12.3 Å². The van der Waals surface area contributed by atoms with Crippen LogP contribution in [0.5, 0.6) is 0 Å². The highest BCUT2D eigenvalue weighted by Gasteiger charge is 2.32. The third kappa shape index (κ3) is 3.88. The normalized spacial score (nSPS) is 20.1. The van der Waals surface area contributed by atoms with Crippen molar-refractivity contribution in [3.8, 4) is 0 Å². The van der Waals surface area contributed by atoms with Gasteiger partial charge >= 0.3 is 0 Å². The minimum Gasteiger partial charge on any atom is -0.273 e. The van der Waals surface area contributed by atoms with Gasteiger partial charge in [0.2, 0.25) is 5.91 Å². The summed E-state index contributed by atoms with van der Waals surface area (Å²) in [4.78, 5) is 22.1. The summed E-state index contributed by atoms with van der Waals surface area (Å²) in [5.41, 5.74) is 3.24. The average molecular weight is 325 g/mol. The summed E-state index contributed by atoms with van der Waals surface area (Å²) in [6.45, 7) is 1.63. The van der Waals surface area contributed by atoms with E-state index in [4.69, 9.17) is 0 Å². The molecule has 0 spiro atoms. The van der Waals surface area contributed by atoms with Gasteiger partial charge in [-0.15, -0.1) is 0 Å². The highest BCUT2D eigenvalue weighted by molar-refractivity contribution is 7.91. The highest BCUT2D eigenvalue weighted by Crippen LogP contribution is 2.19. The van der Waals surface area contributed by atoms with Crippen LogP contribution in [0, 0.1) is 23.0 Å². The van der Waals surface area contributed by atoms with Crippen LogP contribution in [-0.4, -0.2) is 37.0 Å². The molecule has 0 unspecified atom stereocenters. The molecular weight excluding hydrogens is 310 g/mol. The number of carbonyl (C=O) groups is 1. The van der Waals surface area contributed by atoms with E-state index < -0.39 is 26.6 Å². The van der Waals surface area contributed by atoms with Crippen molar-refractivity contribution in [2.24, 2.45) is 11.0 Å². The van der Waals surface area contributed by atoms with Gasteiger partial charge in [-0.2, -0.15) is 5.10 Å². The van der Waals surface area contributed by atoms with E-state index in [1.54, 1.807) is 19.1 Å². The van der Waals surface area contributed by atoms with Crippen LogP contribution >= 0.6 is 0 Å². The fourth-order valence-electron chi connectivity index (χ4n) is 2.17. The Hall–Kier alpha value is -2.29. The van der Waals surface area contributed by atoms with Crippen LogP contribution in [0.15, 0.2) is 23.3 Å². The molecule has 9 heteroatoms. The van der Waals surface area contributed by atoms with Crippen molar-refractivity contribution < 1.29 is 18.1 Å². The first-order valence-corrected chi connectivity index (χ1v) is 8.39. The Balaban J connectivity index is 2.00. The molecule has 1 N–H and O–H groups in total. The summed E-state index contributed by atoms with van der Waals surface area (Å²) in [5.74, 6) is -1.20. The molecule has 0 bridgehead atoms. The minimum atomic E-state index is -3.13. The van der Waals surface area contributed by atoms with Gasteiger partial charge in [0, 0.05) is 17.2 Å². The Bertz CT molecular complexity index is 742. The lowest BCUT2D eigenvalue weighted by molar-refractivity contribution is -0.385. The fourth-order valence-corrected chi connectivity index (χ4v) is 3.91. The predicted octanol–water partition coefficient (Wildman–Crippen LogP) is 0.788. The maximum atomic E-state index is 11.8. The van der Waals surface area contributed by atoms with Gasteiger partial charge in [0.05, 0.1) is 28.6 Å². The van der Waals surface area contributed by atoms with Crippen molar-refractivity contribution in [2.45, 2.75) is 13.3 Å². The summed E-state index contributed by atoms with van der Waals surface area (Å²) < 4.78 is 22.6. The molecule has 2 rings (SSSR count). The van der Waals surface area contributed by atoms with Gasteiger partial charge in [0.15, 0.2) is 9.84 Å². The van der Waals surface area contributed by atoms with Crippen molar-refractivity contribution in [1.29, 1.82) is 0 Å². The van der Waals surface area contributed by atoms with E-state index in [0.29, 0.717) is 17.5 Å². The Morgan fingerprint density at radius 2 is 2.23 bits per heavy atom. The zero-order valence-corrected chi connectivity index (χ0v) is 12.7. The third-order valence-electron chi connectivity index (χ3n) is 3.42. The van der Waals surface area contributed by atoms with Crippen molar-refractivity contribution >= 4 is 27.6 Å². The van der Waals surface area contributed by atoms with Crippen molar-refractivity contribution in [1.82, 2.24) is 5.43 Å². The summed E-state index contributed by atoms with van der Waals surface area (Å²) >= 11 is 0. The Labute approximate surface area is 127 Å². The number of hydrogen-bond acceptors (Lipinski definition) is 6. The standard InChI is InChI=1S/C13H15N3O5S/c1-9-2-3-10(6-12(9)16(18)19)7-14-15-13(17)11-4-5-22(20,21)8-11/h2-3,6-7,11H,4-5,8H2,1H3,(H,15,17)/b14-7-/t11-/m0/s1. The van der Waals surface area contributed by atoms with E-state index in [2.05, 4.69) is 10.5 Å². The Morgan fingerprint density at radius 3 is 2.82 bits per heavy atom. The highest BCUT2D eigenvalue weighted by atomic mass is 32.2. The number of rotatable bonds is 4. The fraction of sp³-hybridized carbons (Fsp3) is 0.385. The number of hydrogen-bond donors (Lipinski definition) is 1. The molecular formula is C13H15N3O5S. The topological polar surface area (TPSA) is 119 Å². The van der Waals surface area contributed by atoms with Gasteiger partial charge in [-0.3, -0.25) is 14.9 Å². The lowest BCUT2D eigenvalue weighted by Gasteiger charge is -2.04. The van der Waals surface area contributed by atoms with Crippen LogP contribution in [-0.2, 0) is 14.6 Å². The maximum Gasteiger partial charge on any atom is 0.272 e. The summed E-state index contributed by atoms with van der Waals surface area (Å²) in [7, 11) is -3.13. The van der Waals surface area contributed by atoms with Crippen molar-refractivity contribution in [3.63, 3.8) is 0 Å². The zero-order chi connectivity index (χ0) is 16.3. The lowest BCUT2D eigenvalue weighted by Crippen LogP contribution is -2.27. The number of nitro benzene ring substituents is 1. The van der Waals surface area contributed by atoms with Crippen molar-refractivity contribution in [2.75, 3.05) is 11.5 Å². The Kier molecular flexibility index (Phi) is 4.55. The smallest absolute Gasteiger partial charge is 0.272 e. The van der Waals surface area contributed by atoms with Gasteiger partial charge < -0.3 is 0 Å². The molecule has 1 atom stereocenters. The van der Waals surface area contributed by atoms with Gasteiger partial charge in [0.1, 0.15) is 0 Å². The molecule has 1 fully saturated rings. The third-order valence-corrected chi connectivity index (χ3v) is 5.19. The van der Waals surface area contributed by atoms with Gasteiger partial charge in [-0.05, 0) is 13.3 Å². The second-order valence-electron chi connectivity index (χ2n) is 5.14. The number of hydrazone groups is 1. The zero-order valence-electron chi connectivity index (χ0n) is 11.9. The molecule has 0 radical (unpaired) electrons. The Morgan fingerprint density at radius 1 is 1.50 bits per heavy atom. The molecule has 8 nitrogen and oxygen atoms in total. The first kappa shape index (κ1) is 16.1. The van der Waals surface area contributed by atoms with Gasteiger partial charge in [-0.1, -0.05) is 12.1 Å². The second-order valence-corrected chi connectivity index (χ2v) is 7.37. The minimum absolute atomic E-state index is 0.0129. The van der Waals surface area contributed by atoms with E-state index in [0.717, 1.165) is 0 Å². The number of benzene rings is 1. The number of nitro groups is 1. The quantitative estimate of drug-likeness (QED) is 0.498. The predicted molar refractivity (Wildman–Crippen MR) is 80.3 cm³/mol. The molecule has 1 aliphatic heterocycles. The number of nitrogens with one attached hydrogen (secondary N) is 1. The van der Waals surface area contributed by atoms with Gasteiger partial charge in [0.25, 0.3) is 5.69 Å². The van der Waals surface area contributed by atoms with Crippen LogP contribution in [0.3, 0.4) is 0 Å². The molecule has 1 saturated heterocycles. The number of nitrogens with zero attached hydrogens (tertiary/aromatic N) is 2. The number of sulfone groups is 1. The molecule has 22 heavy (non-hydrogen) atoms.